The van der Waals surface area contributed by atoms with Crippen molar-refractivity contribution in [1.82, 2.24) is 14.8 Å². The molecule has 33 heavy (non-hydrogen) atoms. The van der Waals surface area contributed by atoms with Crippen LogP contribution in [0.25, 0.3) is 5.57 Å². The molecule has 1 saturated heterocycles. The summed E-state index contributed by atoms with van der Waals surface area (Å²) >= 11 is 6.13. The Hall–Kier alpha value is -2.86. The Bertz CT molecular complexity index is 1160. The summed E-state index contributed by atoms with van der Waals surface area (Å²) in [4.78, 5) is 9.54. The van der Waals surface area contributed by atoms with Crippen molar-refractivity contribution in [2.75, 3.05) is 32.7 Å². The molecule has 1 fully saturated rings. The SMILES string of the molecule is Oc1ccc2c(c1)/C(=C/CCN1CCN(Cc3cccc(Cl)c3)CC1)c1cccnc1CO2. The number of hydrogen-bond donors (Lipinski definition) is 1. The van der Waals surface area contributed by atoms with Gasteiger partial charge in [0, 0.05) is 61.6 Å². The highest BCUT2D eigenvalue weighted by Gasteiger charge is 2.21. The summed E-state index contributed by atoms with van der Waals surface area (Å²) in [5.74, 6) is 1.03. The Labute approximate surface area is 199 Å². The van der Waals surface area contributed by atoms with Crippen molar-refractivity contribution in [3.63, 3.8) is 0 Å². The second-order valence-corrected chi connectivity index (χ2v) is 9.06. The first-order valence-corrected chi connectivity index (χ1v) is 11.8. The predicted octanol–water partition coefficient (Wildman–Crippen LogP) is 4.97. The molecular weight excluding hydrogens is 434 g/mol. The monoisotopic (exact) mass is 461 g/mol. The summed E-state index contributed by atoms with van der Waals surface area (Å²) in [6.07, 6.45) is 5.00. The maximum atomic E-state index is 10.1. The van der Waals surface area contributed by atoms with E-state index in [1.54, 1.807) is 18.3 Å². The number of ether oxygens (including phenoxy) is 1. The average molecular weight is 462 g/mol. The topological polar surface area (TPSA) is 48.8 Å². The first-order valence-electron chi connectivity index (χ1n) is 11.5. The summed E-state index contributed by atoms with van der Waals surface area (Å²) in [5, 5.41) is 10.9. The van der Waals surface area contributed by atoms with E-state index in [1.807, 2.05) is 24.3 Å². The smallest absolute Gasteiger partial charge is 0.131 e. The van der Waals surface area contributed by atoms with Gasteiger partial charge in [0.2, 0.25) is 0 Å². The van der Waals surface area contributed by atoms with Crippen LogP contribution in [-0.2, 0) is 13.2 Å². The molecule has 2 aliphatic heterocycles. The Morgan fingerprint density at radius 3 is 2.67 bits per heavy atom. The van der Waals surface area contributed by atoms with E-state index < -0.39 is 0 Å². The zero-order chi connectivity index (χ0) is 22.6. The number of rotatable bonds is 5. The first kappa shape index (κ1) is 22.0. The van der Waals surface area contributed by atoms with Gasteiger partial charge in [-0.05, 0) is 54.0 Å². The van der Waals surface area contributed by atoms with E-state index in [-0.39, 0.29) is 5.75 Å². The number of phenolic OH excluding ortho intramolecular Hbond substituents is 1. The highest BCUT2D eigenvalue weighted by molar-refractivity contribution is 6.30. The van der Waals surface area contributed by atoms with Crippen LogP contribution in [0.5, 0.6) is 11.5 Å². The Balaban J connectivity index is 1.24. The third kappa shape index (κ3) is 5.22. The van der Waals surface area contributed by atoms with Gasteiger partial charge in [-0.15, -0.1) is 0 Å². The largest absolute Gasteiger partial charge is 0.508 e. The molecule has 3 heterocycles. The van der Waals surface area contributed by atoms with Crippen molar-refractivity contribution < 1.29 is 9.84 Å². The molecule has 5 rings (SSSR count). The van der Waals surface area contributed by atoms with Gasteiger partial charge >= 0.3 is 0 Å². The molecular formula is C27H28ClN3O2. The summed E-state index contributed by atoms with van der Waals surface area (Å²) in [7, 11) is 0. The van der Waals surface area contributed by atoms with Gasteiger partial charge in [0.15, 0.2) is 0 Å². The minimum atomic E-state index is 0.242. The van der Waals surface area contributed by atoms with Crippen molar-refractivity contribution in [2.45, 2.75) is 19.6 Å². The van der Waals surface area contributed by atoms with Gasteiger partial charge in [-0.2, -0.15) is 0 Å². The highest BCUT2D eigenvalue weighted by atomic mass is 35.5. The van der Waals surface area contributed by atoms with Gasteiger partial charge in [0.1, 0.15) is 18.1 Å². The van der Waals surface area contributed by atoms with Gasteiger partial charge in [-0.3, -0.25) is 9.88 Å². The molecule has 0 bridgehead atoms. The summed E-state index contributed by atoms with van der Waals surface area (Å²) in [6.45, 7) is 6.60. The number of pyridine rings is 1. The number of aromatic hydroxyl groups is 1. The van der Waals surface area contributed by atoms with Crippen LogP contribution in [-0.4, -0.2) is 52.6 Å². The third-order valence-corrected chi connectivity index (χ3v) is 6.59. The van der Waals surface area contributed by atoms with E-state index >= 15 is 0 Å². The summed E-state index contributed by atoms with van der Waals surface area (Å²) in [5.41, 5.74) is 5.28. The van der Waals surface area contributed by atoms with Crippen molar-refractivity contribution in [3.8, 4) is 11.5 Å². The second-order valence-electron chi connectivity index (χ2n) is 8.62. The molecule has 0 spiro atoms. The van der Waals surface area contributed by atoms with Crippen LogP contribution in [0.1, 0.15) is 28.8 Å². The average Bonchev–Trinajstić information content (AvgIpc) is 2.97. The Morgan fingerprint density at radius 1 is 0.970 bits per heavy atom. The second kappa shape index (κ2) is 9.96. The molecule has 2 aromatic carbocycles. The van der Waals surface area contributed by atoms with Gasteiger partial charge in [0.05, 0.1) is 5.69 Å². The predicted molar refractivity (Wildman–Crippen MR) is 132 cm³/mol. The Kier molecular flexibility index (Phi) is 6.63. The van der Waals surface area contributed by atoms with Crippen LogP contribution in [0.2, 0.25) is 5.02 Å². The van der Waals surface area contributed by atoms with E-state index in [0.717, 1.165) is 78.9 Å². The number of halogens is 1. The molecule has 6 heteroatoms. The maximum Gasteiger partial charge on any atom is 0.131 e. The van der Waals surface area contributed by atoms with E-state index in [9.17, 15) is 5.11 Å². The van der Waals surface area contributed by atoms with Crippen molar-refractivity contribution in [3.05, 3.63) is 94.3 Å². The molecule has 0 saturated carbocycles. The molecule has 3 aromatic rings. The minimum Gasteiger partial charge on any atom is -0.508 e. The molecule has 0 amide bonds. The van der Waals surface area contributed by atoms with Crippen LogP contribution in [0.4, 0.5) is 0 Å². The van der Waals surface area contributed by atoms with Crippen LogP contribution in [0.15, 0.2) is 66.9 Å². The van der Waals surface area contributed by atoms with Crippen molar-refractivity contribution >= 4 is 17.2 Å². The standard InChI is InChI=1S/C27H28ClN3O2/c28-21-5-1-4-20(16-21)18-31-14-12-30(13-15-31)11-3-7-23-24-6-2-10-29-26(24)19-33-27-9-8-22(32)17-25(23)27/h1-2,4-10,16-17,32H,3,11-15,18-19H2/b23-7+. The number of hydrogen-bond acceptors (Lipinski definition) is 5. The fraction of sp³-hybridized carbons (Fsp3) is 0.296. The van der Waals surface area contributed by atoms with E-state index in [0.29, 0.717) is 6.61 Å². The highest BCUT2D eigenvalue weighted by Crippen LogP contribution is 2.38. The minimum absolute atomic E-state index is 0.242. The van der Waals surface area contributed by atoms with Gasteiger partial charge in [-0.25, -0.2) is 0 Å². The van der Waals surface area contributed by atoms with E-state index in [1.165, 1.54) is 5.56 Å². The molecule has 0 aliphatic carbocycles. The first-order chi connectivity index (χ1) is 16.2. The van der Waals surface area contributed by atoms with Crippen LogP contribution >= 0.6 is 11.6 Å². The molecule has 2 aliphatic rings. The zero-order valence-corrected chi connectivity index (χ0v) is 19.3. The van der Waals surface area contributed by atoms with Crippen molar-refractivity contribution in [1.29, 1.82) is 0 Å². The fourth-order valence-electron chi connectivity index (χ4n) is 4.62. The van der Waals surface area contributed by atoms with Crippen molar-refractivity contribution in [2.24, 2.45) is 0 Å². The molecule has 170 valence electrons. The van der Waals surface area contributed by atoms with Crippen LogP contribution < -0.4 is 4.74 Å². The maximum absolute atomic E-state index is 10.1. The van der Waals surface area contributed by atoms with Crippen LogP contribution in [0.3, 0.4) is 0 Å². The van der Waals surface area contributed by atoms with Gasteiger partial charge in [-0.1, -0.05) is 35.9 Å². The lowest BCUT2D eigenvalue weighted by Crippen LogP contribution is -2.46. The number of nitrogens with zero attached hydrogens (tertiary/aromatic N) is 3. The number of phenols is 1. The Morgan fingerprint density at radius 2 is 1.82 bits per heavy atom. The van der Waals surface area contributed by atoms with E-state index in [2.05, 4.69) is 39.1 Å². The lowest BCUT2D eigenvalue weighted by molar-refractivity contribution is 0.129. The zero-order valence-electron chi connectivity index (χ0n) is 18.6. The van der Waals surface area contributed by atoms with E-state index in [4.69, 9.17) is 16.3 Å². The fourth-order valence-corrected chi connectivity index (χ4v) is 4.83. The number of piperazine rings is 1. The summed E-state index contributed by atoms with van der Waals surface area (Å²) < 4.78 is 5.99. The van der Waals surface area contributed by atoms with Crippen LogP contribution in [0, 0.1) is 0 Å². The summed E-state index contributed by atoms with van der Waals surface area (Å²) in [6, 6.07) is 17.5. The normalized spacial score (nSPS) is 17.8. The van der Waals surface area contributed by atoms with Gasteiger partial charge < -0.3 is 14.7 Å². The molecule has 5 nitrogen and oxygen atoms in total. The number of fused-ring (bicyclic) bond motifs is 2. The lowest BCUT2D eigenvalue weighted by Gasteiger charge is -2.34. The lowest BCUT2D eigenvalue weighted by atomic mass is 9.95. The third-order valence-electron chi connectivity index (χ3n) is 6.35. The molecule has 0 unspecified atom stereocenters. The molecule has 1 N–H and O–H groups in total. The molecule has 0 radical (unpaired) electrons. The number of aromatic nitrogens is 1. The van der Waals surface area contributed by atoms with Gasteiger partial charge in [0.25, 0.3) is 0 Å². The molecule has 0 atom stereocenters. The molecule has 1 aromatic heterocycles. The number of benzene rings is 2. The quantitative estimate of drug-likeness (QED) is 0.581.